The van der Waals surface area contributed by atoms with Crippen molar-refractivity contribution in [2.24, 2.45) is 11.7 Å². The van der Waals surface area contributed by atoms with Gasteiger partial charge < -0.3 is 36.9 Å². The van der Waals surface area contributed by atoms with E-state index in [-0.39, 0.29) is 25.2 Å². The fraction of sp³-hybridized carbons (Fsp3) is 0.379. The van der Waals surface area contributed by atoms with Crippen molar-refractivity contribution >= 4 is 34.6 Å². The number of fused-ring (bicyclic) bond motifs is 1. The van der Waals surface area contributed by atoms with Gasteiger partial charge in [0, 0.05) is 23.5 Å². The van der Waals surface area contributed by atoms with Gasteiger partial charge in [-0.1, -0.05) is 62.4 Å². The molecule has 3 aromatic rings. The van der Waals surface area contributed by atoms with Gasteiger partial charge in [-0.05, 0) is 36.0 Å². The number of amides is 3. The molecule has 2 aromatic carbocycles. The van der Waals surface area contributed by atoms with Crippen molar-refractivity contribution < 1.29 is 29.4 Å². The number of hydrogen-bond acceptors (Lipinski definition) is 6. The molecule has 1 heterocycles. The second-order valence-corrected chi connectivity index (χ2v) is 10.2. The number of aromatic nitrogens is 1. The summed E-state index contributed by atoms with van der Waals surface area (Å²) in [6.07, 6.45) is 2.24. The Hall–Kier alpha value is -4.22. The number of carboxylic acids is 1. The Kier molecular flexibility index (Phi) is 10.8. The highest BCUT2D eigenvalue weighted by Crippen LogP contribution is 2.18. The van der Waals surface area contributed by atoms with Gasteiger partial charge in [-0.3, -0.25) is 14.4 Å². The van der Waals surface area contributed by atoms with E-state index >= 15 is 0 Å². The molecule has 40 heavy (non-hydrogen) atoms. The molecule has 0 saturated carbocycles. The van der Waals surface area contributed by atoms with Gasteiger partial charge in [0.15, 0.2) is 0 Å². The molecule has 0 aliphatic carbocycles. The summed E-state index contributed by atoms with van der Waals surface area (Å²) in [6.45, 7) is 2.94. The number of carbonyl (C=O) groups is 4. The van der Waals surface area contributed by atoms with Crippen LogP contribution < -0.4 is 21.7 Å². The third kappa shape index (κ3) is 8.39. The lowest BCUT2D eigenvalue weighted by atomic mass is 10.0. The normalized spacial score (nSPS) is 14.2. The van der Waals surface area contributed by atoms with E-state index in [0.29, 0.717) is 0 Å². The van der Waals surface area contributed by atoms with E-state index in [1.54, 1.807) is 36.5 Å². The number of aliphatic hydroxyl groups is 1. The van der Waals surface area contributed by atoms with E-state index in [1.807, 2.05) is 38.1 Å². The zero-order chi connectivity index (χ0) is 29.2. The van der Waals surface area contributed by atoms with Crippen molar-refractivity contribution in [1.29, 1.82) is 0 Å². The van der Waals surface area contributed by atoms with Crippen LogP contribution in [0.25, 0.3) is 10.9 Å². The molecule has 0 aliphatic rings. The molecular weight excluding hydrogens is 514 g/mol. The predicted octanol–water partition coefficient (Wildman–Crippen LogP) is 0.858. The van der Waals surface area contributed by atoms with E-state index in [9.17, 15) is 29.4 Å². The van der Waals surface area contributed by atoms with Gasteiger partial charge >= 0.3 is 5.97 Å². The maximum absolute atomic E-state index is 13.1. The molecule has 4 atom stereocenters. The lowest BCUT2D eigenvalue weighted by molar-refractivity contribution is -0.142. The van der Waals surface area contributed by atoms with Crippen LogP contribution in [0.5, 0.6) is 0 Å². The summed E-state index contributed by atoms with van der Waals surface area (Å²) < 4.78 is 0. The maximum atomic E-state index is 13.1. The van der Waals surface area contributed by atoms with Crippen LogP contribution in [0.4, 0.5) is 0 Å². The number of carbonyl (C=O) groups excluding carboxylic acids is 3. The average molecular weight is 552 g/mol. The van der Waals surface area contributed by atoms with Crippen LogP contribution in [0.3, 0.4) is 0 Å². The Morgan fingerprint density at radius 2 is 1.43 bits per heavy atom. The standard InChI is InChI=1S/C29H37N5O6/c1-17(2)12-24(29(39)40)33-27(37)23(13-18-8-4-3-5-9-18)32-28(38)25(16-35)34-26(36)21(30)14-19-15-31-22-11-7-6-10-20(19)22/h3-11,15,17,21,23-25,31,35H,12-14,16,30H2,1-2H3,(H,32,38)(H,33,37)(H,34,36)(H,39,40). The largest absolute Gasteiger partial charge is 0.480 e. The third-order valence-electron chi connectivity index (χ3n) is 6.50. The summed E-state index contributed by atoms with van der Waals surface area (Å²) in [6, 6.07) is 11.8. The van der Waals surface area contributed by atoms with Crippen molar-refractivity contribution in [2.45, 2.75) is 57.3 Å². The molecule has 214 valence electrons. The summed E-state index contributed by atoms with van der Waals surface area (Å²) in [5.74, 6) is -3.32. The number of nitrogens with two attached hydrogens (primary N) is 1. The van der Waals surface area contributed by atoms with Crippen LogP contribution in [0, 0.1) is 5.92 Å². The van der Waals surface area contributed by atoms with Crippen LogP contribution in [0.1, 0.15) is 31.4 Å². The zero-order valence-corrected chi connectivity index (χ0v) is 22.6. The summed E-state index contributed by atoms with van der Waals surface area (Å²) in [4.78, 5) is 53.9. The molecule has 11 heteroatoms. The fourth-order valence-corrected chi connectivity index (χ4v) is 4.40. The van der Waals surface area contributed by atoms with E-state index in [4.69, 9.17) is 5.73 Å². The van der Waals surface area contributed by atoms with Crippen LogP contribution >= 0.6 is 0 Å². The first kappa shape index (κ1) is 30.3. The molecule has 3 amide bonds. The minimum absolute atomic E-state index is 0.00557. The van der Waals surface area contributed by atoms with Crippen LogP contribution in [0.15, 0.2) is 60.8 Å². The van der Waals surface area contributed by atoms with Gasteiger partial charge in [0.1, 0.15) is 18.1 Å². The van der Waals surface area contributed by atoms with Crippen LogP contribution in [-0.4, -0.2) is 69.7 Å². The van der Waals surface area contributed by atoms with E-state index in [1.165, 1.54) is 0 Å². The van der Waals surface area contributed by atoms with Gasteiger partial charge in [0.05, 0.1) is 12.6 Å². The zero-order valence-electron chi connectivity index (χ0n) is 22.6. The number of rotatable bonds is 14. The number of H-pyrrole nitrogens is 1. The van der Waals surface area contributed by atoms with Crippen molar-refractivity contribution in [1.82, 2.24) is 20.9 Å². The third-order valence-corrected chi connectivity index (χ3v) is 6.50. The molecule has 0 spiro atoms. The SMILES string of the molecule is CC(C)CC(NC(=O)C(Cc1ccccc1)NC(=O)C(CO)NC(=O)C(N)Cc1c[nH]c2ccccc12)C(=O)O. The van der Waals surface area contributed by atoms with Crippen molar-refractivity contribution in [3.63, 3.8) is 0 Å². The number of carboxylic acid groups (broad SMARTS) is 1. The number of nitrogens with one attached hydrogen (secondary N) is 4. The molecule has 0 radical (unpaired) electrons. The first-order chi connectivity index (χ1) is 19.1. The summed E-state index contributed by atoms with van der Waals surface area (Å²) in [5, 5.41) is 27.9. The molecule has 0 aliphatic heterocycles. The van der Waals surface area contributed by atoms with Crippen molar-refractivity contribution in [3.05, 3.63) is 71.9 Å². The van der Waals surface area contributed by atoms with Crippen LogP contribution in [0.2, 0.25) is 0 Å². The van der Waals surface area contributed by atoms with Crippen molar-refractivity contribution in [3.8, 4) is 0 Å². The Balaban J connectivity index is 1.69. The monoisotopic (exact) mass is 551 g/mol. The minimum atomic E-state index is -1.38. The lowest BCUT2D eigenvalue weighted by Gasteiger charge is -2.25. The molecule has 8 N–H and O–H groups in total. The van der Waals surface area contributed by atoms with Gasteiger partial charge in [0.2, 0.25) is 17.7 Å². The first-order valence-electron chi connectivity index (χ1n) is 13.2. The Morgan fingerprint density at radius 1 is 0.825 bits per heavy atom. The molecule has 1 aromatic heterocycles. The minimum Gasteiger partial charge on any atom is -0.480 e. The fourth-order valence-electron chi connectivity index (χ4n) is 4.40. The molecule has 0 saturated heterocycles. The van der Waals surface area contributed by atoms with E-state index in [2.05, 4.69) is 20.9 Å². The van der Waals surface area contributed by atoms with E-state index < -0.39 is 54.5 Å². The summed E-state index contributed by atoms with van der Waals surface area (Å²) in [7, 11) is 0. The predicted molar refractivity (Wildman–Crippen MR) is 150 cm³/mol. The van der Waals surface area contributed by atoms with Gasteiger partial charge in [-0.15, -0.1) is 0 Å². The maximum Gasteiger partial charge on any atom is 0.326 e. The second-order valence-electron chi connectivity index (χ2n) is 10.2. The number of benzene rings is 2. The summed E-state index contributed by atoms with van der Waals surface area (Å²) >= 11 is 0. The van der Waals surface area contributed by atoms with E-state index in [0.717, 1.165) is 22.0 Å². The molecular formula is C29H37N5O6. The molecule has 11 nitrogen and oxygen atoms in total. The highest BCUT2D eigenvalue weighted by atomic mass is 16.4. The van der Waals surface area contributed by atoms with Gasteiger partial charge in [-0.2, -0.15) is 0 Å². The summed E-state index contributed by atoms with van der Waals surface area (Å²) in [5.41, 5.74) is 8.58. The molecule has 4 unspecified atom stereocenters. The average Bonchev–Trinajstić information content (AvgIpc) is 3.33. The van der Waals surface area contributed by atoms with Crippen molar-refractivity contribution in [2.75, 3.05) is 6.61 Å². The quantitative estimate of drug-likeness (QED) is 0.155. The Bertz CT molecular complexity index is 1310. The lowest BCUT2D eigenvalue weighted by Crippen LogP contribution is -2.58. The number of hydrogen-bond donors (Lipinski definition) is 7. The van der Waals surface area contributed by atoms with Crippen LogP contribution in [-0.2, 0) is 32.0 Å². The highest BCUT2D eigenvalue weighted by Gasteiger charge is 2.30. The second kappa shape index (κ2) is 14.2. The number of aliphatic hydroxyl groups excluding tert-OH is 1. The molecule has 0 fully saturated rings. The Labute approximate surface area is 232 Å². The van der Waals surface area contributed by atoms with Gasteiger partial charge in [0.25, 0.3) is 0 Å². The highest BCUT2D eigenvalue weighted by molar-refractivity contribution is 5.94. The number of aromatic amines is 1. The van der Waals surface area contributed by atoms with Gasteiger partial charge in [-0.25, -0.2) is 4.79 Å². The molecule has 3 rings (SSSR count). The molecule has 0 bridgehead atoms. The number of aliphatic carboxylic acids is 1. The topological polar surface area (TPSA) is 187 Å². The Morgan fingerprint density at radius 3 is 2.08 bits per heavy atom. The smallest absolute Gasteiger partial charge is 0.326 e. The first-order valence-corrected chi connectivity index (χ1v) is 13.2. The number of para-hydroxylation sites is 1.